The van der Waals surface area contributed by atoms with E-state index in [4.69, 9.17) is 19.7 Å². The molecule has 0 aromatic rings. The highest BCUT2D eigenvalue weighted by Gasteiger charge is 2.41. The first kappa shape index (κ1) is 48.0. The van der Waals surface area contributed by atoms with Crippen LogP contribution in [0.4, 0.5) is 0 Å². The van der Waals surface area contributed by atoms with E-state index in [0.29, 0.717) is 32.5 Å². The summed E-state index contributed by atoms with van der Waals surface area (Å²) in [6, 6.07) is 0. The number of ether oxygens (including phenoxy) is 2. The summed E-state index contributed by atoms with van der Waals surface area (Å²) in [5.41, 5.74) is -1.83. The van der Waals surface area contributed by atoms with Gasteiger partial charge in [0.2, 0.25) is 0 Å². The molecule has 0 aromatic carbocycles. The van der Waals surface area contributed by atoms with E-state index in [-0.39, 0.29) is 30.7 Å². The summed E-state index contributed by atoms with van der Waals surface area (Å²) in [6.45, 7) is 15.0. The minimum Gasteiger partial charge on any atom is -0.481 e. The highest BCUT2D eigenvalue weighted by atomic mass is 16.5. The van der Waals surface area contributed by atoms with Gasteiger partial charge in [-0.25, -0.2) is 0 Å². The highest BCUT2D eigenvalue weighted by Crippen LogP contribution is 2.36. The van der Waals surface area contributed by atoms with Gasteiger partial charge in [0.1, 0.15) is 0 Å². The maximum Gasteiger partial charge on any atom is 0.312 e. The second kappa shape index (κ2) is 30.9. The second-order valence-electron chi connectivity index (χ2n) is 14.3. The zero-order chi connectivity index (χ0) is 36.7. The van der Waals surface area contributed by atoms with Crippen LogP contribution in [0.5, 0.6) is 0 Å². The van der Waals surface area contributed by atoms with Crippen molar-refractivity contribution >= 4 is 23.9 Å². The first-order valence-electron chi connectivity index (χ1n) is 19.7. The molecule has 0 aliphatic rings. The van der Waals surface area contributed by atoms with Crippen LogP contribution >= 0.6 is 0 Å². The molecule has 0 aliphatic carbocycles. The number of unbranched alkanes of at least 4 members (excludes halogenated alkanes) is 15. The molecule has 48 heavy (non-hydrogen) atoms. The van der Waals surface area contributed by atoms with Gasteiger partial charge in [0, 0.05) is 0 Å². The minimum atomic E-state index is -1.10. The number of carboxylic acid groups (broad SMARTS) is 2. The topological polar surface area (TPSA) is 127 Å². The number of hydrogen-bond donors (Lipinski definition) is 2. The van der Waals surface area contributed by atoms with E-state index in [2.05, 4.69) is 20.8 Å². The Morgan fingerprint density at radius 2 is 0.958 bits per heavy atom. The van der Waals surface area contributed by atoms with Crippen molar-refractivity contribution in [3.63, 3.8) is 0 Å². The van der Waals surface area contributed by atoms with Crippen molar-refractivity contribution in [3.8, 4) is 0 Å². The van der Waals surface area contributed by atoms with Crippen molar-refractivity contribution in [3.05, 3.63) is 0 Å². The number of aliphatic carboxylic acids is 2. The fourth-order valence-corrected chi connectivity index (χ4v) is 6.28. The maximum absolute atomic E-state index is 13.1. The van der Waals surface area contributed by atoms with Crippen molar-refractivity contribution < 1.29 is 38.9 Å². The Kier molecular flexibility index (Phi) is 30.9. The summed E-state index contributed by atoms with van der Waals surface area (Å²) < 4.78 is 11.1. The van der Waals surface area contributed by atoms with Crippen LogP contribution in [0.2, 0.25) is 0 Å². The van der Waals surface area contributed by atoms with E-state index in [9.17, 15) is 19.2 Å². The van der Waals surface area contributed by atoms with E-state index in [1.807, 2.05) is 20.8 Å². The largest absolute Gasteiger partial charge is 0.481 e. The third-order valence-corrected chi connectivity index (χ3v) is 9.51. The number of carboxylic acids is 2. The van der Waals surface area contributed by atoms with Crippen LogP contribution in [0.15, 0.2) is 0 Å². The van der Waals surface area contributed by atoms with E-state index in [0.717, 1.165) is 57.8 Å². The summed E-state index contributed by atoms with van der Waals surface area (Å²) >= 11 is 0. The minimum absolute atomic E-state index is 0.153. The van der Waals surface area contributed by atoms with Gasteiger partial charge in [0.05, 0.1) is 36.9 Å². The number of rotatable bonds is 31. The molecule has 0 radical (unpaired) electrons. The Morgan fingerprint density at radius 1 is 0.542 bits per heavy atom. The molecule has 0 saturated heterocycles. The summed E-state index contributed by atoms with van der Waals surface area (Å²) in [5, 5.41) is 17.7. The molecule has 0 heterocycles. The molecule has 0 aliphatic heterocycles. The second-order valence-corrected chi connectivity index (χ2v) is 14.3. The first-order chi connectivity index (χ1) is 22.9. The van der Waals surface area contributed by atoms with E-state index < -0.39 is 22.8 Å². The fraction of sp³-hybridized carbons (Fsp3) is 0.900. The average Bonchev–Trinajstić information content (AvgIpc) is 3.04. The molecule has 0 fully saturated rings. The monoisotopic (exact) mass is 685 g/mol. The molecule has 0 spiro atoms. The molecule has 2 atom stereocenters. The smallest absolute Gasteiger partial charge is 0.312 e. The number of hydrogen-bond acceptors (Lipinski definition) is 6. The predicted octanol–water partition coefficient (Wildman–Crippen LogP) is 11.3. The van der Waals surface area contributed by atoms with Gasteiger partial charge in [-0.15, -0.1) is 0 Å². The van der Waals surface area contributed by atoms with E-state index in [1.165, 1.54) is 64.2 Å². The highest BCUT2D eigenvalue weighted by molar-refractivity contribution is 5.83. The van der Waals surface area contributed by atoms with E-state index >= 15 is 0 Å². The lowest BCUT2D eigenvalue weighted by atomic mass is 9.75. The number of carbonyl (C=O) groups excluding carboxylic acids is 2. The van der Waals surface area contributed by atoms with Gasteiger partial charge in [-0.05, 0) is 44.4 Å². The lowest BCUT2D eigenvalue weighted by molar-refractivity contribution is -0.164. The van der Waals surface area contributed by atoms with Gasteiger partial charge in [-0.2, -0.15) is 0 Å². The van der Waals surface area contributed by atoms with Gasteiger partial charge in [0.25, 0.3) is 0 Å². The Balaban J connectivity index is 0. The standard InChI is InChI=1S/C30H58O4.C10H18O4/c1-5-9-12-13-14-15-16-17-18-19-20-21-24-30(8-4,29(32)34-26-23-11-7-3)27-28(31)33-25-22-10-6-2;1-4-10(9(13)14,5-7(2)3)6-8(11)12/h5-27H2,1-4H3;7H,4-6H2,1-3H3,(H,11,12)(H,13,14). The lowest BCUT2D eigenvalue weighted by Crippen LogP contribution is -2.36. The van der Waals surface area contributed by atoms with Crippen LogP contribution < -0.4 is 0 Å². The van der Waals surface area contributed by atoms with Crippen molar-refractivity contribution in [2.24, 2.45) is 16.7 Å². The van der Waals surface area contributed by atoms with Crippen LogP contribution in [0.1, 0.15) is 203 Å². The average molecular weight is 685 g/mol. The van der Waals surface area contributed by atoms with Gasteiger partial charge in [-0.1, -0.05) is 151 Å². The molecule has 0 amide bonds. The third kappa shape index (κ3) is 24.1. The normalized spacial score (nSPS) is 13.6. The zero-order valence-corrected chi connectivity index (χ0v) is 32.3. The van der Waals surface area contributed by atoms with Gasteiger partial charge >= 0.3 is 23.9 Å². The SMILES string of the molecule is CCC(CC(=O)O)(CC(C)C)C(=O)O.CCCCCCCCCCCCCCC(CC)(CC(=O)OCCCCC)C(=O)OCCCCC. The molecule has 8 heteroatoms. The molecule has 0 aromatic heterocycles. The Hall–Kier alpha value is -2.12. The summed E-state index contributed by atoms with van der Waals surface area (Å²) in [5.74, 6) is -2.31. The molecule has 0 saturated carbocycles. The van der Waals surface area contributed by atoms with Gasteiger partial charge < -0.3 is 19.7 Å². The molecular weight excluding hydrogens is 608 g/mol. The first-order valence-corrected chi connectivity index (χ1v) is 19.7. The summed E-state index contributed by atoms with van der Waals surface area (Å²) in [7, 11) is 0. The van der Waals surface area contributed by atoms with Crippen LogP contribution in [0.3, 0.4) is 0 Å². The van der Waals surface area contributed by atoms with Crippen molar-refractivity contribution in [2.45, 2.75) is 203 Å². The van der Waals surface area contributed by atoms with Crippen LogP contribution in [0.25, 0.3) is 0 Å². The molecule has 2 unspecified atom stereocenters. The molecule has 284 valence electrons. The number of carbonyl (C=O) groups is 4. The Labute approximate surface area is 294 Å². The fourth-order valence-electron chi connectivity index (χ4n) is 6.28. The van der Waals surface area contributed by atoms with Gasteiger partial charge in [-0.3, -0.25) is 19.2 Å². The summed E-state index contributed by atoms with van der Waals surface area (Å²) in [4.78, 5) is 47.3. The quantitative estimate of drug-likeness (QED) is 0.0545. The number of esters is 2. The van der Waals surface area contributed by atoms with E-state index in [1.54, 1.807) is 6.92 Å². The summed E-state index contributed by atoms with van der Waals surface area (Å²) in [6.07, 6.45) is 23.5. The van der Waals surface area contributed by atoms with Crippen molar-refractivity contribution in [1.29, 1.82) is 0 Å². The predicted molar refractivity (Wildman–Crippen MR) is 196 cm³/mol. The maximum atomic E-state index is 13.1. The molecular formula is C40H76O8. The van der Waals surface area contributed by atoms with Crippen LogP contribution in [-0.2, 0) is 28.7 Å². The van der Waals surface area contributed by atoms with Crippen molar-refractivity contribution in [1.82, 2.24) is 0 Å². The molecule has 8 nitrogen and oxygen atoms in total. The van der Waals surface area contributed by atoms with Crippen molar-refractivity contribution in [2.75, 3.05) is 13.2 Å². The lowest BCUT2D eigenvalue weighted by Gasteiger charge is -2.29. The molecule has 0 rings (SSSR count). The molecule has 0 bridgehead atoms. The third-order valence-electron chi connectivity index (χ3n) is 9.51. The van der Waals surface area contributed by atoms with Crippen LogP contribution in [0, 0.1) is 16.7 Å². The zero-order valence-electron chi connectivity index (χ0n) is 32.3. The molecule has 2 N–H and O–H groups in total. The van der Waals surface area contributed by atoms with Crippen LogP contribution in [-0.4, -0.2) is 47.3 Å². The van der Waals surface area contributed by atoms with Gasteiger partial charge in [0.15, 0.2) is 0 Å². The Bertz CT molecular complexity index is 826. The Morgan fingerprint density at radius 3 is 1.35 bits per heavy atom.